The first-order chi connectivity index (χ1) is 10.1. The molecule has 0 aromatic heterocycles. The summed E-state index contributed by atoms with van der Waals surface area (Å²) in [4.78, 5) is 13.6. The molecule has 114 valence electrons. The number of rotatable bonds is 4. The van der Waals surface area contributed by atoms with Crippen LogP contribution in [-0.4, -0.2) is 41.7 Å². The zero-order chi connectivity index (χ0) is 14.8. The molecular weight excluding hydrogens is 266 g/mol. The molecular formula is C17H23NO3. The van der Waals surface area contributed by atoms with Crippen LogP contribution in [0.1, 0.15) is 30.9 Å². The van der Waals surface area contributed by atoms with E-state index in [4.69, 9.17) is 4.74 Å². The molecule has 4 nitrogen and oxygen atoms in total. The SMILES string of the molecule is CC1CCCN(CCc2ccc3c(c2)CCO3)C1C(=O)O. The molecule has 0 aliphatic carbocycles. The molecule has 2 unspecified atom stereocenters. The van der Waals surface area contributed by atoms with Gasteiger partial charge in [0.05, 0.1) is 6.61 Å². The van der Waals surface area contributed by atoms with Gasteiger partial charge in [0.1, 0.15) is 11.8 Å². The number of hydrogen-bond donors (Lipinski definition) is 1. The standard InChI is InChI=1S/C17H23NO3/c1-12-3-2-8-18(16(12)17(19)20)9-6-13-4-5-15-14(11-13)7-10-21-15/h4-5,11-12,16H,2-3,6-10H2,1H3,(H,19,20). The van der Waals surface area contributed by atoms with Crippen molar-refractivity contribution in [2.45, 2.75) is 38.6 Å². The van der Waals surface area contributed by atoms with Crippen molar-refractivity contribution in [1.29, 1.82) is 0 Å². The molecule has 0 bridgehead atoms. The summed E-state index contributed by atoms with van der Waals surface area (Å²) in [5.74, 6) is 0.572. The molecule has 0 radical (unpaired) electrons. The minimum Gasteiger partial charge on any atom is -0.493 e. The van der Waals surface area contributed by atoms with Gasteiger partial charge in [0.15, 0.2) is 0 Å². The third kappa shape index (κ3) is 3.05. The molecule has 0 spiro atoms. The summed E-state index contributed by atoms with van der Waals surface area (Å²) in [6, 6.07) is 6.04. The van der Waals surface area contributed by atoms with Gasteiger partial charge in [0.2, 0.25) is 0 Å². The second-order valence-corrected chi connectivity index (χ2v) is 6.23. The number of fused-ring (bicyclic) bond motifs is 1. The van der Waals surface area contributed by atoms with Crippen LogP contribution in [0, 0.1) is 5.92 Å². The highest BCUT2D eigenvalue weighted by Gasteiger charge is 2.33. The lowest BCUT2D eigenvalue weighted by Crippen LogP contribution is -2.49. The lowest BCUT2D eigenvalue weighted by atomic mass is 9.90. The number of nitrogens with zero attached hydrogens (tertiary/aromatic N) is 1. The van der Waals surface area contributed by atoms with Crippen molar-refractivity contribution in [2.24, 2.45) is 5.92 Å². The largest absolute Gasteiger partial charge is 0.493 e. The summed E-state index contributed by atoms with van der Waals surface area (Å²) < 4.78 is 5.52. The van der Waals surface area contributed by atoms with E-state index in [2.05, 4.69) is 24.0 Å². The Labute approximate surface area is 125 Å². The molecule has 1 aromatic carbocycles. The number of benzene rings is 1. The number of carboxylic acids is 1. The van der Waals surface area contributed by atoms with Crippen molar-refractivity contribution >= 4 is 5.97 Å². The Bertz CT molecular complexity index is 529. The van der Waals surface area contributed by atoms with Gasteiger partial charge in [-0.2, -0.15) is 0 Å². The number of likely N-dealkylation sites (tertiary alicyclic amines) is 1. The zero-order valence-corrected chi connectivity index (χ0v) is 12.5. The summed E-state index contributed by atoms with van der Waals surface area (Å²) in [5, 5.41) is 9.44. The summed E-state index contributed by atoms with van der Waals surface area (Å²) in [6.45, 7) is 4.55. The molecule has 2 aliphatic rings. The highest BCUT2D eigenvalue weighted by atomic mass is 16.5. The van der Waals surface area contributed by atoms with E-state index >= 15 is 0 Å². The van der Waals surface area contributed by atoms with Gasteiger partial charge in [0.25, 0.3) is 0 Å². The molecule has 21 heavy (non-hydrogen) atoms. The van der Waals surface area contributed by atoms with Crippen LogP contribution in [0.4, 0.5) is 0 Å². The van der Waals surface area contributed by atoms with Crippen LogP contribution in [0.2, 0.25) is 0 Å². The van der Waals surface area contributed by atoms with E-state index in [1.165, 1.54) is 11.1 Å². The monoisotopic (exact) mass is 289 g/mol. The second-order valence-electron chi connectivity index (χ2n) is 6.23. The molecule has 2 aliphatic heterocycles. The first-order valence-electron chi connectivity index (χ1n) is 7.86. The molecule has 4 heteroatoms. The van der Waals surface area contributed by atoms with Crippen molar-refractivity contribution in [3.8, 4) is 5.75 Å². The molecule has 2 heterocycles. The van der Waals surface area contributed by atoms with Gasteiger partial charge in [-0.25, -0.2) is 0 Å². The predicted octanol–water partition coefficient (Wildman–Crippen LogP) is 2.35. The van der Waals surface area contributed by atoms with E-state index in [0.717, 1.165) is 51.1 Å². The Morgan fingerprint density at radius 1 is 1.48 bits per heavy atom. The maximum Gasteiger partial charge on any atom is 0.321 e. The molecule has 1 saturated heterocycles. The van der Waals surface area contributed by atoms with E-state index < -0.39 is 5.97 Å². The normalized spacial score (nSPS) is 25.4. The Morgan fingerprint density at radius 2 is 2.33 bits per heavy atom. The molecule has 0 saturated carbocycles. The average Bonchev–Trinajstić information content (AvgIpc) is 2.92. The van der Waals surface area contributed by atoms with E-state index in [9.17, 15) is 9.90 Å². The summed E-state index contributed by atoms with van der Waals surface area (Å²) in [7, 11) is 0. The Balaban J connectivity index is 1.64. The first-order valence-corrected chi connectivity index (χ1v) is 7.86. The maximum atomic E-state index is 11.5. The van der Waals surface area contributed by atoms with Crippen molar-refractivity contribution in [3.63, 3.8) is 0 Å². The van der Waals surface area contributed by atoms with Crippen molar-refractivity contribution in [3.05, 3.63) is 29.3 Å². The molecule has 1 N–H and O–H groups in total. The van der Waals surface area contributed by atoms with Gasteiger partial charge in [-0.1, -0.05) is 19.1 Å². The molecule has 1 aromatic rings. The smallest absolute Gasteiger partial charge is 0.321 e. The van der Waals surface area contributed by atoms with Gasteiger partial charge in [-0.05, 0) is 48.9 Å². The van der Waals surface area contributed by atoms with Gasteiger partial charge >= 0.3 is 5.97 Å². The van der Waals surface area contributed by atoms with Crippen LogP contribution in [0.5, 0.6) is 5.75 Å². The van der Waals surface area contributed by atoms with Crippen LogP contribution >= 0.6 is 0 Å². The Kier molecular flexibility index (Phi) is 4.15. The average molecular weight is 289 g/mol. The summed E-state index contributed by atoms with van der Waals surface area (Å²) >= 11 is 0. The van der Waals surface area contributed by atoms with E-state index in [0.29, 0.717) is 0 Å². The quantitative estimate of drug-likeness (QED) is 0.924. The fourth-order valence-electron chi connectivity index (χ4n) is 3.59. The number of ether oxygens (including phenoxy) is 1. The van der Waals surface area contributed by atoms with Crippen molar-refractivity contribution in [2.75, 3.05) is 19.7 Å². The summed E-state index contributed by atoms with van der Waals surface area (Å²) in [6.07, 6.45) is 4.01. The third-order valence-corrected chi connectivity index (χ3v) is 4.73. The summed E-state index contributed by atoms with van der Waals surface area (Å²) in [5.41, 5.74) is 2.57. The van der Waals surface area contributed by atoms with E-state index in [1.807, 2.05) is 6.07 Å². The number of hydrogen-bond acceptors (Lipinski definition) is 3. The van der Waals surface area contributed by atoms with Gasteiger partial charge in [-0.3, -0.25) is 9.69 Å². The van der Waals surface area contributed by atoms with Gasteiger partial charge in [-0.15, -0.1) is 0 Å². The Hall–Kier alpha value is -1.55. The molecule has 3 rings (SSSR count). The van der Waals surface area contributed by atoms with Crippen molar-refractivity contribution < 1.29 is 14.6 Å². The Morgan fingerprint density at radius 3 is 3.14 bits per heavy atom. The van der Waals surface area contributed by atoms with Crippen molar-refractivity contribution in [1.82, 2.24) is 4.90 Å². The first kappa shape index (κ1) is 14.4. The minimum absolute atomic E-state index is 0.240. The fourth-order valence-corrected chi connectivity index (χ4v) is 3.59. The lowest BCUT2D eigenvalue weighted by Gasteiger charge is -2.37. The number of piperidine rings is 1. The van der Waals surface area contributed by atoms with Gasteiger partial charge in [0, 0.05) is 13.0 Å². The number of carboxylic acid groups (broad SMARTS) is 1. The highest BCUT2D eigenvalue weighted by molar-refractivity contribution is 5.74. The molecule has 2 atom stereocenters. The second kappa shape index (κ2) is 6.06. The van der Waals surface area contributed by atoms with Crippen LogP contribution in [-0.2, 0) is 17.6 Å². The van der Waals surface area contributed by atoms with E-state index in [1.54, 1.807) is 0 Å². The maximum absolute atomic E-state index is 11.5. The van der Waals surface area contributed by atoms with Crippen LogP contribution in [0.15, 0.2) is 18.2 Å². The third-order valence-electron chi connectivity index (χ3n) is 4.73. The zero-order valence-electron chi connectivity index (χ0n) is 12.5. The van der Waals surface area contributed by atoms with Crippen LogP contribution in [0.25, 0.3) is 0 Å². The minimum atomic E-state index is -0.676. The number of carbonyl (C=O) groups is 1. The predicted molar refractivity (Wildman–Crippen MR) is 80.7 cm³/mol. The topological polar surface area (TPSA) is 49.8 Å². The molecule has 1 fully saturated rings. The molecule has 0 amide bonds. The fraction of sp³-hybridized carbons (Fsp3) is 0.588. The van der Waals surface area contributed by atoms with Crippen LogP contribution < -0.4 is 4.74 Å². The van der Waals surface area contributed by atoms with Gasteiger partial charge < -0.3 is 9.84 Å². The lowest BCUT2D eigenvalue weighted by molar-refractivity contribution is -0.146. The van der Waals surface area contributed by atoms with E-state index in [-0.39, 0.29) is 12.0 Å². The van der Waals surface area contributed by atoms with Crippen LogP contribution in [0.3, 0.4) is 0 Å². The highest BCUT2D eigenvalue weighted by Crippen LogP contribution is 2.27. The number of aliphatic carboxylic acids is 1.